The van der Waals surface area contributed by atoms with Gasteiger partial charge in [0.05, 0.1) is 19.0 Å². The molecule has 5 nitrogen and oxygen atoms in total. The van der Waals surface area contributed by atoms with Crippen LogP contribution >= 0.6 is 11.3 Å². The topological polar surface area (TPSA) is 51.1 Å². The Kier molecular flexibility index (Phi) is 4.47. The van der Waals surface area contributed by atoms with Gasteiger partial charge in [-0.2, -0.15) is 16.4 Å². The maximum atomic E-state index is 13.8. The predicted octanol–water partition coefficient (Wildman–Crippen LogP) is 3.38. The number of ether oxygens (including phenoxy) is 1. The minimum atomic E-state index is -0.434. The van der Waals surface area contributed by atoms with Gasteiger partial charge in [-0.25, -0.2) is 9.37 Å². The second kappa shape index (κ2) is 6.70. The molecule has 2 aromatic heterocycles. The predicted molar refractivity (Wildman–Crippen MR) is 88.2 cm³/mol. The molecule has 0 amide bonds. The van der Waals surface area contributed by atoms with Gasteiger partial charge in [0, 0.05) is 19.2 Å². The van der Waals surface area contributed by atoms with Crippen LogP contribution in [0.1, 0.15) is 5.56 Å². The molecule has 7 heteroatoms. The van der Waals surface area contributed by atoms with Gasteiger partial charge < -0.3 is 9.64 Å². The quantitative estimate of drug-likeness (QED) is 0.718. The average molecular weight is 330 g/mol. The first kappa shape index (κ1) is 15.4. The monoisotopic (exact) mass is 330 g/mol. The molecule has 0 saturated carbocycles. The number of benzene rings is 1. The van der Waals surface area contributed by atoms with E-state index in [1.54, 1.807) is 23.5 Å². The molecule has 0 aliphatic carbocycles. The third-order valence-corrected chi connectivity index (χ3v) is 4.07. The standard InChI is InChI=1S/C16H15FN4OS/c1-21(9-11-5-6-23-10-11)16-19-14(8-18-20-16)12-3-4-15(22-2)13(17)7-12/h3-8,10H,9H2,1-2H3. The first-order valence-corrected chi connectivity index (χ1v) is 7.87. The summed E-state index contributed by atoms with van der Waals surface area (Å²) in [5.74, 6) is 0.257. The molecule has 0 radical (unpaired) electrons. The van der Waals surface area contributed by atoms with Crippen LogP contribution < -0.4 is 9.64 Å². The van der Waals surface area contributed by atoms with Crippen molar-refractivity contribution in [1.29, 1.82) is 0 Å². The van der Waals surface area contributed by atoms with Crippen LogP contribution in [-0.4, -0.2) is 29.3 Å². The molecule has 23 heavy (non-hydrogen) atoms. The smallest absolute Gasteiger partial charge is 0.245 e. The fourth-order valence-electron chi connectivity index (χ4n) is 2.15. The summed E-state index contributed by atoms with van der Waals surface area (Å²) >= 11 is 1.65. The van der Waals surface area contributed by atoms with Gasteiger partial charge >= 0.3 is 0 Å². The lowest BCUT2D eigenvalue weighted by atomic mass is 10.1. The molecule has 0 atom stereocenters. The SMILES string of the molecule is COc1ccc(-c2cnnc(N(C)Cc3ccsc3)n2)cc1F. The molecule has 0 aliphatic heterocycles. The fraction of sp³-hybridized carbons (Fsp3) is 0.188. The third-order valence-electron chi connectivity index (χ3n) is 3.34. The molecule has 0 N–H and O–H groups in total. The van der Waals surface area contributed by atoms with Crippen LogP contribution in [0, 0.1) is 5.82 Å². The Balaban J connectivity index is 1.86. The van der Waals surface area contributed by atoms with Crippen LogP contribution in [0.3, 0.4) is 0 Å². The molecule has 0 bridgehead atoms. The van der Waals surface area contributed by atoms with Gasteiger partial charge in [-0.15, -0.1) is 5.10 Å². The van der Waals surface area contributed by atoms with Crippen molar-refractivity contribution in [1.82, 2.24) is 15.2 Å². The van der Waals surface area contributed by atoms with Crippen LogP contribution in [0.25, 0.3) is 11.3 Å². The lowest BCUT2D eigenvalue weighted by molar-refractivity contribution is 0.386. The van der Waals surface area contributed by atoms with E-state index in [-0.39, 0.29) is 5.75 Å². The zero-order valence-electron chi connectivity index (χ0n) is 12.7. The first-order valence-electron chi connectivity index (χ1n) is 6.93. The highest BCUT2D eigenvalue weighted by Crippen LogP contribution is 2.24. The van der Waals surface area contributed by atoms with E-state index in [0.29, 0.717) is 23.8 Å². The molecule has 3 aromatic rings. The van der Waals surface area contributed by atoms with E-state index in [2.05, 4.69) is 26.6 Å². The minimum absolute atomic E-state index is 0.200. The van der Waals surface area contributed by atoms with Gasteiger partial charge in [-0.1, -0.05) is 0 Å². The Bertz CT molecular complexity index is 795. The highest BCUT2D eigenvalue weighted by atomic mass is 32.1. The first-order chi connectivity index (χ1) is 11.2. The Labute approximate surface area is 137 Å². The number of anilines is 1. The molecule has 3 rings (SSSR count). The van der Waals surface area contributed by atoms with Crippen LogP contribution in [0.5, 0.6) is 5.75 Å². The van der Waals surface area contributed by atoms with Gasteiger partial charge in [-0.05, 0) is 40.6 Å². The molecular formula is C16H15FN4OS. The molecule has 0 spiro atoms. The van der Waals surface area contributed by atoms with Gasteiger partial charge in [0.15, 0.2) is 11.6 Å². The lowest BCUT2D eigenvalue weighted by Gasteiger charge is -2.16. The zero-order chi connectivity index (χ0) is 16.2. The van der Waals surface area contributed by atoms with E-state index in [1.807, 2.05) is 17.3 Å². The van der Waals surface area contributed by atoms with Crippen molar-refractivity contribution < 1.29 is 9.13 Å². The number of hydrogen-bond acceptors (Lipinski definition) is 6. The number of halogens is 1. The van der Waals surface area contributed by atoms with Gasteiger partial charge in [0.1, 0.15) is 0 Å². The van der Waals surface area contributed by atoms with Crippen molar-refractivity contribution in [2.24, 2.45) is 0 Å². The molecule has 118 valence electrons. The normalized spacial score (nSPS) is 10.6. The van der Waals surface area contributed by atoms with Crippen LogP contribution in [0.2, 0.25) is 0 Å². The summed E-state index contributed by atoms with van der Waals surface area (Å²) in [6.45, 7) is 0.686. The van der Waals surface area contributed by atoms with Crippen molar-refractivity contribution in [3.63, 3.8) is 0 Å². The number of hydrogen-bond donors (Lipinski definition) is 0. The summed E-state index contributed by atoms with van der Waals surface area (Å²) in [7, 11) is 3.33. The molecule has 0 unspecified atom stereocenters. The molecular weight excluding hydrogens is 315 g/mol. The van der Waals surface area contributed by atoms with E-state index < -0.39 is 5.82 Å². The van der Waals surface area contributed by atoms with Crippen LogP contribution in [0.15, 0.2) is 41.2 Å². The van der Waals surface area contributed by atoms with E-state index >= 15 is 0 Å². The number of thiophene rings is 1. The second-order valence-corrected chi connectivity index (χ2v) is 5.76. The van der Waals surface area contributed by atoms with Gasteiger partial charge in [0.2, 0.25) is 5.95 Å². The number of rotatable bonds is 5. The maximum Gasteiger partial charge on any atom is 0.245 e. The van der Waals surface area contributed by atoms with Gasteiger partial charge in [0.25, 0.3) is 0 Å². The second-order valence-electron chi connectivity index (χ2n) is 4.98. The van der Waals surface area contributed by atoms with Crippen molar-refractivity contribution >= 4 is 17.3 Å². The lowest BCUT2D eigenvalue weighted by Crippen LogP contribution is -2.19. The van der Waals surface area contributed by atoms with Crippen molar-refractivity contribution in [2.75, 3.05) is 19.1 Å². The highest BCUT2D eigenvalue weighted by Gasteiger charge is 2.11. The molecule has 0 saturated heterocycles. The molecule has 0 aliphatic rings. The summed E-state index contributed by atoms with van der Waals surface area (Å²) < 4.78 is 18.8. The van der Waals surface area contributed by atoms with Crippen LogP contribution in [0.4, 0.5) is 10.3 Å². The summed E-state index contributed by atoms with van der Waals surface area (Å²) in [5, 5.41) is 12.1. The largest absolute Gasteiger partial charge is 0.494 e. The third kappa shape index (κ3) is 3.45. The summed E-state index contributed by atoms with van der Waals surface area (Å²) in [5.41, 5.74) is 2.37. The van der Waals surface area contributed by atoms with Crippen LogP contribution in [-0.2, 0) is 6.54 Å². The van der Waals surface area contributed by atoms with Gasteiger partial charge in [-0.3, -0.25) is 0 Å². The van der Waals surface area contributed by atoms with E-state index in [1.165, 1.54) is 24.9 Å². The molecule has 0 fully saturated rings. The number of methoxy groups -OCH3 is 1. The average Bonchev–Trinajstić information content (AvgIpc) is 3.08. The van der Waals surface area contributed by atoms with E-state index in [4.69, 9.17) is 4.74 Å². The fourth-order valence-corrected chi connectivity index (χ4v) is 2.81. The minimum Gasteiger partial charge on any atom is -0.494 e. The number of nitrogens with zero attached hydrogens (tertiary/aromatic N) is 4. The Morgan fingerprint density at radius 3 is 2.87 bits per heavy atom. The molecule has 1 aromatic carbocycles. The van der Waals surface area contributed by atoms with E-state index in [9.17, 15) is 4.39 Å². The Hall–Kier alpha value is -2.54. The van der Waals surface area contributed by atoms with E-state index in [0.717, 1.165) is 0 Å². The van der Waals surface area contributed by atoms with Crippen molar-refractivity contribution in [3.05, 3.63) is 52.6 Å². The highest BCUT2D eigenvalue weighted by molar-refractivity contribution is 7.07. The van der Waals surface area contributed by atoms with Crippen molar-refractivity contribution in [3.8, 4) is 17.0 Å². The zero-order valence-corrected chi connectivity index (χ0v) is 13.5. The van der Waals surface area contributed by atoms with Crippen molar-refractivity contribution in [2.45, 2.75) is 6.54 Å². The number of aromatic nitrogens is 3. The maximum absolute atomic E-state index is 13.8. The molecule has 2 heterocycles. The Morgan fingerprint density at radius 1 is 1.30 bits per heavy atom. The summed E-state index contributed by atoms with van der Waals surface area (Å²) in [6, 6.07) is 6.75. The summed E-state index contributed by atoms with van der Waals surface area (Å²) in [6.07, 6.45) is 1.52. The Morgan fingerprint density at radius 2 is 2.17 bits per heavy atom. The summed E-state index contributed by atoms with van der Waals surface area (Å²) in [4.78, 5) is 6.37.